The monoisotopic (exact) mass is 322 g/mol. The number of carbonyl (C=O) groups excluding carboxylic acids is 1. The number of carbonyl (C=O) groups is 1. The Balaban J connectivity index is 0.00000162. The maximum Gasteiger partial charge on any atom is 0.222 e. The Labute approximate surface area is 133 Å². The first kappa shape index (κ1) is 15.6. The van der Waals surface area contributed by atoms with Crippen molar-refractivity contribution in [2.24, 2.45) is 0 Å². The van der Waals surface area contributed by atoms with E-state index >= 15 is 0 Å². The molecule has 4 nitrogen and oxygen atoms in total. The molecule has 0 spiro atoms. The van der Waals surface area contributed by atoms with E-state index in [1.54, 1.807) is 17.2 Å². The van der Waals surface area contributed by atoms with E-state index in [0.717, 1.165) is 18.4 Å². The molecule has 1 aromatic heterocycles. The summed E-state index contributed by atoms with van der Waals surface area (Å²) in [5.41, 5.74) is 1.07. The molecule has 0 aromatic carbocycles. The number of rotatable bonds is 4. The number of hydrogen-bond acceptors (Lipinski definition) is 3. The van der Waals surface area contributed by atoms with E-state index in [9.17, 15) is 4.79 Å². The minimum Gasteiger partial charge on any atom is -0.532 e. The number of nitrogens with zero attached hydrogens (tertiary/aromatic N) is 2. The molecule has 1 aliphatic rings. The van der Waals surface area contributed by atoms with E-state index in [2.05, 4.69) is 18.0 Å². The number of likely N-dealkylation sites (tertiary alicyclic amines) is 1. The fraction of sp³-hybridized carbons (Fsp3) is 0.538. The molecule has 1 aliphatic heterocycles. The van der Waals surface area contributed by atoms with Crippen LogP contribution in [0.3, 0.4) is 0 Å². The molecular formula is C13H17N2O2Y-. The van der Waals surface area contributed by atoms with Crippen LogP contribution in [0.5, 0.6) is 5.88 Å². The zero-order chi connectivity index (χ0) is 12.3. The van der Waals surface area contributed by atoms with Crippen molar-refractivity contribution < 1.29 is 42.2 Å². The zero-order valence-electron chi connectivity index (χ0n) is 10.8. The molecule has 0 bridgehead atoms. The molecule has 1 aromatic rings. The number of pyridine rings is 1. The van der Waals surface area contributed by atoms with Gasteiger partial charge in [-0.05, 0) is 6.42 Å². The van der Waals surface area contributed by atoms with E-state index in [0.29, 0.717) is 18.9 Å². The summed E-state index contributed by atoms with van der Waals surface area (Å²) in [6.45, 7) is 2.57. The molecule has 2 heterocycles. The van der Waals surface area contributed by atoms with Gasteiger partial charge in [0.1, 0.15) is 0 Å². The van der Waals surface area contributed by atoms with Gasteiger partial charge in [0.05, 0.1) is 18.5 Å². The topological polar surface area (TPSA) is 42.4 Å². The SMILES string of the molecule is CCc1[c-]cc(OCC2CCC(=O)N2C)nc1.[Y]. The number of likely N-dealkylation sites (N-methyl/N-ethyl adjacent to an activating group) is 1. The smallest absolute Gasteiger partial charge is 0.222 e. The molecule has 0 saturated carbocycles. The Morgan fingerprint density at radius 3 is 2.89 bits per heavy atom. The van der Waals surface area contributed by atoms with Crippen LogP contribution in [-0.4, -0.2) is 35.5 Å². The summed E-state index contributed by atoms with van der Waals surface area (Å²) in [6.07, 6.45) is 4.19. The van der Waals surface area contributed by atoms with Gasteiger partial charge in [-0.25, -0.2) is 0 Å². The third-order valence-corrected chi connectivity index (χ3v) is 3.17. The standard InChI is InChI=1S/C13H17N2O2.Y/c1-3-10-4-6-12(14-8-10)17-9-11-5-7-13(16)15(11)2;/h6,8,11H,3,5,7,9H2,1-2H3;/q-1;. The first-order valence-electron chi connectivity index (χ1n) is 5.95. The van der Waals surface area contributed by atoms with Crippen molar-refractivity contribution in [3.8, 4) is 5.88 Å². The van der Waals surface area contributed by atoms with Gasteiger partial charge in [-0.1, -0.05) is 19.5 Å². The molecule has 1 fully saturated rings. The third kappa shape index (κ3) is 3.76. The van der Waals surface area contributed by atoms with Gasteiger partial charge in [0, 0.05) is 46.2 Å². The summed E-state index contributed by atoms with van der Waals surface area (Å²) in [7, 11) is 1.82. The van der Waals surface area contributed by atoms with Crippen LogP contribution in [0.4, 0.5) is 0 Å². The van der Waals surface area contributed by atoms with Crippen LogP contribution in [0.15, 0.2) is 12.3 Å². The van der Waals surface area contributed by atoms with Gasteiger partial charge in [0.15, 0.2) is 0 Å². The van der Waals surface area contributed by atoms with Crippen molar-refractivity contribution >= 4 is 5.91 Å². The summed E-state index contributed by atoms with van der Waals surface area (Å²) in [5.74, 6) is 0.773. The average Bonchev–Trinajstić information content (AvgIpc) is 2.68. The Hall–Kier alpha value is -0.476. The van der Waals surface area contributed by atoms with Crippen molar-refractivity contribution in [3.05, 3.63) is 23.9 Å². The van der Waals surface area contributed by atoms with Gasteiger partial charge >= 0.3 is 0 Å². The normalized spacial score (nSPS) is 18.7. The van der Waals surface area contributed by atoms with Gasteiger partial charge in [0.25, 0.3) is 0 Å². The van der Waals surface area contributed by atoms with E-state index < -0.39 is 0 Å². The molecule has 95 valence electrons. The number of aryl methyl sites for hydroxylation is 1. The van der Waals surface area contributed by atoms with Crippen molar-refractivity contribution in [2.75, 3.05) is 13.7 Å². The van der Waals surface area contributed by atoms with E-state index in [1.165, 1.54) is 0 Å². The van der Waals surface area contributed by atoms with Crippen LogP contribution in [-0.2, 0) is 43.9 Å². The maximum atomic E-state index is 11.3. The zero-order valence-corrected chi connectivity index (χ0v) is 13.7. The predicted octanol–water partition coefficient (Wildman–Crippen LogP) is 1.44. The molecule has 1 radical (unpaired) electrons. The third-order valence-electron chi connectivity index (χ3n) is 3.17. The van der Waals surface area contributed by atoms with E-state index in [1.807, 2.05) is 7.05 Å². The molecule has 0 aliphatic carbocycles. The molecule has 5 heteroatoms. The van der Waals surface area contributed by atoms with Crippen LogP contribution in [0.25, 0.3) is 0 Å². The van der Waals surface area contributed by atoms with Crippen molar-refractivity contribution in [2.45, 2.75) is 32.2 Å². The largest absolute Gasteiger partial charge is 0.532 e. The van der Waals surface area contributed by atoms with Gasteiger partial charge in [-0.15, -0.1) is 11.6 Å². The first-order chi connectivity index (χ1) is 8.20. The van der Waals surface area contributed by atoms with Crippen molar-refractivity contribution in [1.82, 2.24) is 9.88 Å². The summed E-state index contributed by atoms with van der Waals surface area (Å²) in [4.78, 5) is 17.3. The van der Waals surface area contributed by atoms with Crippen molar-refractivity contribution in [3.63, 3.8) is 0 Å². The van der Waals surface area contributed by atoms with Gasteiger partial charge in [-0.2, -0.15) is 6.07 Å². The quantitative estimate of drug-likeness (QED) is 0.788. The second-order valence-corrected chi connectivity index (χ2v) is 4.27. The minimum absolute atomic E-state index is 0. The fourth-order valence-electron chi connectivity index (χ4n) is 1.88. The number of hydrogen-bond donors (Lipinski definition) is 0. The Bertz CT molecular complexity index is 394. The van der Waals surface area contributed by atoms with Gasteiger partial charge in [-0.3, -0.25) is 4.79 Å². The van der Waals surface area contributed by atoms with Gasteiger partial charge < -0.3 is 14.6 Å². The van der Waals surface area contributed by atoms with Gasteiger partial charge in [0.2, 0.25) is 5.91 Å². The molecule has 18 heavy (non-hydrogen) atoms. The molecule has 0 N–H and O–H groups in total. The average molecular weight is 322 g/mol. The van der Waals surface area contributed by atoms with Crippen LogP contribution in [0.2, 0.25) is 0 Å². The summed E-state index contributed by atoms with van der Waals surface area (Å²) in [5, 5.41) is 0. The second kappa shape index (κ2) is 7.20. The van der Waals surface area contributed by atoms with E-state index in [-0.39, 0.29) is 44.7 Å². The minimum atomic E-state index is 0. The Kier molecular flexibility index (Phi) is 6.23. The predicted molar refractivity (Wildman–Crippen MR) is 63.7 cm³/mol. The molecule has 2 rings (SSSR count). The maximum absolute atomic E-state index is 11.3. The molecule has 1 atom stereocenters. The Morgan fingerprint density at radius 1 is 1.61 bits per heavy atom. The first-order valence-corrected chi connectivity index (χ1v) is 5.95. The molecule has 1 saturated heterocycles. The second-order valence-electron chi connectivity index (χ2n) is 4.27. The van der Waals surface area contributed by atoms with Crippen LogP contribution < -0.4 is 4.74 Å². The van der Waals surface area contributed by atoms with Crippen LogP contribution in [0.1, 0.15) is 25.3 Å². The number of aromatic nitrogens is 1. The summed E-state index contributed by atoms with van der Waals surface area (Å²) >= 11 is 0. The summed E-state index contributed by atoms with van der Waals surface area (Å²) < 4.78 is 5.57. The molecular weight excluding hydrogens is 305 g/mol. The molecule has 1 amide bonds. The van der Waals surface area contributed by atoms with Crippen LogP contribution in [0, 0.1) is 6.07 Å². The summed E-state index contributed by atoms with van der Waals surface area (Å²) in [6, 6.07) is 5.05. The fourth-order valence-corrected chi connectivity index (χ4v) is 1.88. The molecule has 1 unspecified atom stereocenters. The number of amides is 1. The number of ether oxygens (including phenoxy) is 1. The van der Waals surface area contributed by atoms with Crippen molar-refractivity contribution in [1.29, 1.82) is 0 Å². The Morgan fingerprint density at radius 2 is 2.39 bits per heavy atom. The van der Waals surface area contributed by atoms with E-state index in [4.69, 9.17) is 4.74 Å². The van der Waals surface area contributed by atoms with Crippen LogP contribution >= 0.6 is 0 Å².